The van der Waals surface area contributed by atoms with Crippen molar-refractivity contribution < 1.29 is 9.53 Å². The van der Waals surface area contributed by atoms with E-state index in [1.807, 2.05) is 31.2 Å². The third kappa shape index (κ3) is 7.32. The lowest BCUT2D eigenvalue weighted by molar-refractivity contribution is -0.155. The van der Waals surface area contributed by atoms with Crippen molar-refractivity contribution in [3.8, 4) is 11.5 Å². The van der Waals surface area contributed by atoms with Crippen molar-refractivity contribution in [3.05, 3.63) is 89.6 Å². The quantitative estimate of drug-likeness (QED) is 0.288. The molecule has 6 rings (SSSR count). The standard InChI is InChI=1S/C32H36N8O2/c1-22-4-2-6-27(36-22)31-35-16-13-29(39-31)37-28-12-15-34-30(38-28)18-23-7-9-24(10-8-23)20-40-17-3-5-25(21-40)32(41)42-26-11-14-33-19-26/h2,4,6-10,12-13,15-16,25-26,33H,3,5,11,14,17-21H2,1H3,(H,34,35,37,38,39)/t25?,26-/m1/s1. The molecule has 1 unspecified atom stereocenters. The predicted octanol–water partition coefficient (Wildman–Crippen LogP) is 4.09. The number of carbonyl (C=O) groups excluding carboxylic acids is 1. The molecule has 5 heterocycles. The number of hydrogen-bond donors (Lipinski definition) is 2. The van der Waals surface area contributed by atoms with Crippen molar-refractivity contribution in [2.45, 2.75) is 45.3 Å². The molecule has 1 aromatic carbocycles. The summed E-state index contributed by atoms with van der Waals surface area (Å²) in [6, 6.07) is 18.0. The van der Waals surface area contributed by atoms with Gasteiger partial charge in [0.05, 0.1) is 5.92 Å². The second kappa shape index (κ2) is 13.1. The number of esters is 1. The molecule has 42 heavy (non-hydrogen) atoms. The molecule has 10 heteroatoms. The van der Waals surface area contributed by atoms with Crippen molar-refractivity contribution >= 4 is 17.6 Å². The Labute approximate surface area is 246 Å². The molecule has 10 nitrogen and oxygen atoms in total. The van der Waals surface area contributed by atoms with Crippen LogP contribution in [0.3, 0.4) is 0 Å². The summed E-state index contributed by atoms with van der Waals surface area (Å²) in [7, 11) is 0. The Hall–Kier alpha value is -4.28. The van der Waals surface area contributed by atoms with Crippen molar-refractivity contribution in [2.75, 3.05) is 31.5 Å². The largest absolute Gasteiger partial charge is 0.461 e. The fraction of sp³-hybridized carbons (Fsp3) is 0.375. The minimum Gasteiger partial charge on any atom is -0.461 e. The summed E-state index contributed by atoms with van der Waals surface area (Å²) >= 11 is 0. The van der Waals surface area contributed by atoms with Crippen LogP contribution in [-0.4, -0.2) is 68.1 Å². The number of aryl methyl sites for hydroxylation is 1. The molecule has 2 N–H and O–H groups in total. The Morgan fingerprint density at radius 2 is 1.79 bits per heavy atom. The Morgan fingerprint density at radius 3 is 2.60 bits per heavy atom. The van der Waals surface area contributed by atoms with E-state index in [9.17, 15) is 4.79 Å². The number of pyridine rings is 1. The lowest BCUT2D eigenvalue weighted by atomic mass is 9.97. The van der Waals surface area contributed by atoms with Crippen LogP contribution in [0.1, 0.15) is 41.9 Å². The van der Waals surface area contributed by atoms with Crippen molar-refractivity contribution in [1.82, 2.24) is 35.1 Å². The number of nitrogens with zero attached hydrogens (tertiary/aromatic N) is 6. The molecule has 2 aliphatic heterocycles. The molecule has 2 atom stereocenters. The maximum absolute atomic E-state index is 12.7. The van der Waals surface area contributed by atoms with E-state index in [2.05, 4.69) is 59.7 Å². The average Bonchev–Trinajstić information content (AvgIpc) is 3.52. The minimum absolute atomic E-state index is 0.0302. The molecule has 0 bridgehead atoms. The Balaban J connectivity index is 1.03. The fourth-order valence-electron chi connectivity index (χ4n) is 5.49. The van der Waals surface area contributed by atoms with E-state index in [-0.39, 0.29) is 18.0 Å². The van der Waals surface area contributed by atoms with Gasteiger partial charge < -0.3 is 15.4 Å². The van der Waals surface area contributed by atoms with E-state index < -0.39 is 0 Å². The normalized spacial score (nSPS) is 19.0. The number of rotatable bonds is 9. The summed E-state index contributed by atoms with van der Waals surface area (Å²) in [4.78, 5) is 37.7. The van der Waals surface area contributed by atoms with E-state index in [0.29, 0.717) is 23.9 Å². The van der Waals surface area contributed by atoms with Crippen LogP contribution < -0.4 is 10.6 Å². The van der Waals surface area contributed by atoms with Crippen LogP contribution in [-0.2, 0) is 22.5 Å². The zero-order chi connectivity index (χ0) is 28.7. The van der Waals surface area contributed by atoms with Crippen LogP contribution in [0.25, 0.3) is 11.5 Å². The number of hydrogen-bond acceptors (Lipinski definition) is 10. The summed E-state index contributed by atoms with van der Waals surface area (Å²) < 4.78 is 5.74. The molecule has 2 aliphatic rings. The molecule has 0 amide bonds. The molecular formula is C32H36N8O2. The second-order valence-electron chi connectivity index (χ2n) is 11.0. The molecule has 0 radical (unpaired) electrons. The highest BCUT2D eigenvalue weighted by Crippen LogP contribution is 2.22. The van der Waals surface area contributed by atoms with Gasteiger partial charge in [-0.05, 0) is 74.7 Å². The third-order valence-electron chi connectivity index (χ3n) is 7.66. The van der Waals surface area contributed by atoms with Gasteiger partial charge in [0.15, 0.2) is 5.82 Å². The van der Waals surface area contributed by atoms with Gasteiger partial charge in [0.1, 0.15) is 29.3 Å². The average molecular weight is 565 g/mol. The SMILES string of the molecule is Cc1cccc(-c2nccc(Nc3ccnc(Cc4ccc(CN5CCCC(C(=O)O[C@@H]6CCNC6)C5)cc4)n3)n2)n1. The van der Waals surface area contributed by atoms with Crippen LogP contribution in [0, 0.1) is 12.8 Å². The highest BCUT2D eigenvalue weighted by atomic mass is 16.5. The maximum atomic E-state index is 12.7. The second-order valence-corrected chi connectivity index (χ2v) is 11.0. The smallest absolute Gasteiger partial charge is 0.310 e. The number of nitrogens with one attached hydrogen (secondary N) is 2. The molecule has 0 saturated carbocycles. The first-order valence-electron chi connectivity index (χ1n) is 14.6. The Bertz CT molecular complexity index is 1510. The van der Waals surface area contributed by atoms with Crippen molar-refractivity contribution in [3.63, 3.8) is 0 Å². The molecular weight excluding hydrogens is 528 g/mol. The first-order valence-corrected chi connectivity index (χ1v) is 14.6. The van der Waals surface area contributed by atoms with Gasteiger partial charge in [-0.3, -0.25) is 9.69 Å². The maximum Gasteiger partial charge on any atom is 0.310 e. The molecule has 2 saturated heterocycles. The Kier molecular flexibility index (Phi) is 8.72. The van der Waals surface area contributed by atoms with E-state index in [0.717, 1.165) is 74.8 Å². The summed E-state index contributed by atoms with van der Waals surface area (Å²) in [6.07, 6.45) is 6.95. The molecule has 216 valence electrons. The van der Waals surface area contributed by atoms with Crippen molar-refractivity contribution in [1.29, 1.82) is 0 Å². The zero-order valence-corrected chi connectivity index (χ0v) is 23.9. The van der Waals surface area contributed by atoms with Gasteiger partial charge in [-0.25, -0.2) is 24.9 Å². The van der Waals surface area contributed by atoms with Gasteiger partial charge in [0.25, 0.3) is 0 Å². The monoisotopic (exact) mass is 564 g/mol. The van der Waals surface area contributed by atoms with Crippen LogP contribution in [0.4, 0.5) is 11.6 Å². The van der Waals surface area contributed by atoms with E-state index in [1.54, 1.807) is 18.5 Å². The van der Waals surface area contributed by atoms with Gasteiger partial charge in [-0.2, -0.15) is 0 Å². The van der Waals surface area contributed by atoms with E-state index in [1.165, 1.54) is 5.56 Å². The number of carbonyl (C=O) groups is 1. The Morgan fingerprint density at radius 1 is 0.976 bits per heavy atom. The van der Waals surface area contributed by atoms with Gasteiger partial charge in [0.2, 0.25) is 0 Å². The lowest BCUT2D eigenvalue weighted by Crippen LogP contribution is -2.40. The predicted molar refractivity (Wildman–Crippen MR) is 160 cm³/mol. The molecule has 4 aromatic rings. The minimum atomic E-state index is -0.0380. The van der Waals surface area contributed by atoms with Crippen LogP contribution >= 0.6 is 0 Å². The number of likely N-dealkylation sites (tertiary alicyclic amines) is 1. The summed E-state index contributed by atoms with van der Waals surface area (Å²) in [5.74, 6) is 2.51. The molecule has 3 aromatic heterocycles. The molecule has 0 spiro atoms. The number of piperidine rings is 1. The van der Waals surface area contributed by atoms with Gasteiger partial charge in [0, 0.05) is 44.1 Å². The topological polar surface area (TPSA) is 118 Å². The number of benzene rings is 1. The highest BCUT2D eigenvalue weighted by Gasteiger charge is 2.29. The summed E-state index contributed by atoms with van der Waals surface area (Å²) in [5, 5.41) is 6.53. The van der Waals surface area contributed by atoms with E-state index in [4.69, 9.17) is 9.72 Å². The first-order chi connectivity index (χ1) is 20.6. The van der Waals surface area contributed by atoms with Gasteiger partial charge in [-0.1, -0.05) is 30.3 Å². The van der Waals surface area contributed by atoms with E-state index >= 15 is 0 Å². The zero-order valence-electron chi connectivity index (χ0n) is 23.9. The first kappa shape index (κ1) is 27.9. The van der Waals surface area contributed by atoms with Gasteiger partial charge in [-0.15, -0.1) is 0 Å². The third-order valence-corrected chi connectivity index (χ3v) is 7.66. The fourth-order valence-corrected chi connectivity index (χ4v) is 5.49. The van der Waals surface area contributed by atoms with Crippen LogP contribution in [0.5, 0.6) is 0 Å². The van der Waals surface area contributed by atoms with Crippen LogP contribution in [0.2, 0.25) is 0 Å². The number of anilines is 2. The lowest BCUT2D eigenvalue weighted by Gasteiger charge is -2.32. The van der Waals surface area contributed by atoms with Crippen molar-refractivity contribution in [2.24, 2.45) is 5.92 Å². The highest BCUT2D eigenvalue weighted by molar-refractivity contribution is 5.73. The molecule has 2 fully saturated rings. The summed E-state index contributed by atoms with van der Waals surface area (Å²) in [5.41, 5.74) is 4.01. The number of aromatic nitrogens is 5. The molecule has 0 aliphatic carbocycles. The summed E-state index contributed by atoms with van der Waals surface area (Å²) in [6.45, 7) is 6.22. The number of ether oxygens (including phenoxy) is 1. The van der Waals surface area contributed by atoms with Crippen LogP contribution in [0.15, 0.2) is 67.0 Å². The van der Waals surface area contributed by atoms with Gasteiger partial charge >= 0.3 is 5.97 Å².